The molecule has 0 bridgehead atoms. The van der Waals surface area contributed by atoms with Crippen molar-refractivity contribution in [3.63, 3.8) is 0 Å². The number of aliphatic carboxylic acids is 1. The number of imide groups is 2. The Hall–Kier alpha value is -3.51. The lowest BCUT2D eigenvalue weighted by atomic mass is 9.58. The van der Waals surface area contributed by atoms with Crippen molar-refractivity contribution in [1.29, 1.82) is 0 Å². The van der Waals surface area contributed by atoms with Gasteiger partial charge in [0.25, 0.3) is 11.8 Å². The van der Waals surface area contributed by atoms with Crippen molar-refractivity contribution in [3.8, 4) is 11.8 Å². The van der Waals surface area contributed by atoms with Crippen LogP contribution in [0.2, 0.25) is 0 Å². The van der Waals surface area contributed by atoms with Crippen molar-refractivity contribution >= 4 is 29.6 Å². The molecule has 0 aromatic heterocycles. The maximum atomic E-state index is 12.9. The highest BCUT2D eigenvalue weighted by Gasteiger charge is 2.46. The molecule has 9 heteroatoms. The average Bonchev–Trinajstić information content (AvgIpc) is 3.01. The summed E-state index contributed by atoms with van der Waals surface area (Å²) in [6.45, 7) is 1.70. The van der Waals surface area contributed by atoms with Crippen LogP contribution in [0.3, 0.4) is 0 Å². The summed E-state index contributed by atoms with van der Waals surface area (Å²) < 4.78 is 0. The summed E-state index contributed by atoms with van der Waals surface area (Å²) in [6, 6.07) is 3.91. The van der Waals surface area contributed by atoms with Gasteiger partial charge in [0.2, 0.25) is 11.8 Å². The second kappa shape index (κ2) is 8.37. The molecule has 1 spiro atoms. The first-order chi connectivity index (χ1) is 16.2. The minimum absolute atomic E-state index is 0.0843. The van der Waals surface area contributed by atoms with Gasteiger partial charge in [-0.2, -0.15) is 0 Å². The number of nitrogens with one attached hydrogen (secondary N) is 1. The van der Waals surface area contributed by atoms with Crippen LogP contribution >= 0.6 is 0 Å². The van der Waals surface area contributed by atoms with Crippen molar-refractivity contribution < 1.29 is 29.1 Å². The van der Waals surface area contributed by atoms with Crippen molar-refractivity contribution in [2.24, 2.45) is 11.3 Å². The Kier molecular flexibility index (Phi) is 5.48. The van der Waals surface area contributed by atoms with Crippen LogP contribution in [0.5, 0.6) is 0 Å². The highest BCUT2D eigenvalue weighted by molar-refractivity contribution is 6.23. The smallest absolute Gasteiger partial charge is 0.317 e. The maximum Gasteiger partial charge on any atom is 0.317 e. The summed E-state index contributed by atoms with van der Waals surface area (Å²) in [6.07, 6.45) is 4.18. The first kappa shape index (κ1) is 22.3. The zero-order valence-corrected chi connectivity index (χ0v) is 18.6. The number of piperidine rings is 2. The number of likely N-dealkylation sites (tertiary alicyclic amines) is 1. The first-order valence-corrected chi connectivity index (χ1v) is 11.6. The monoisotopic (exact) mass is 463 g/mol. The number of benzene rings is 1. The molecular weight excluding hydrogens is 438 g/mol. The molecule has 1 aliphatic carbocycles. The number of carbonyl (C=O) groups excluding carboxylic acids is 4. The van der Waals surface area contributed by atoms with Crippen LogP contribution in [0.15, 0.2) is 18.2 Å². The van der Waals surface area contributed by atoms with Crippen LogP contribution in [-0.2, 0) is 14.4 Å². The molecule has 4 amide bonds. The molecule has 1 atom stereocenters. The number of carbonyl (C=O) groups is 5. The van der Waals surface area contributed by atoms with E-state index >= 15 is 0 Å². The van der Waals surface area contributed by atoms with Crippen LogP contribution in [0.25, 0.3) is 0 Å². The van der Waals surface area contributed by atoms with E-state index in [4.69, 9.17) is 5.11 Å². The van der Waals surface area contributed by atoms with E-state index in [2.05, 4.69) is 17.2 Å². The van der Waals surface area contributed by atoms with Gasteiger partial charge in [-0.25, -0.2) is 0 Å². The van der Waals surface area contributed by atoms with Gasteiger partial charge in [-0.1, -0.05) is 11.8 Å². The molecule has 5 rings (SSSR count). The number of hydrogen-bond acceptors (Lipinski definition) is 6. The summed E-state index contributed by atoms with van der Waals surface area (Å²) in [5.74, 6) is 3.80. The average molecular weight is 463 g/mol. The molecule has 176 valence electrons. The largest absolute Gasteiger partial charge is 0.480 e. The Balaban J connectivity index is 1.22. The van der Waals surface area contributed by atoms with E-state index in [1.54, 1.807) is 18.2 Å². The van der Waals surface area contributed by atoms with Crippen molar-refractivity contribution in [1.82, 2.24) is 15.1 Å². The highest BCUT2D eigenvalue weighted by Crippen LogP contribution is 2.52. The Bertz CT molecular complexity index is 1160. The standard InChI is InChI=1S/C25H25N3O6/c29-20-6-5-19(22(32)26-20)28-23(33)17-4-3-15(11-18(17)24(28)34)1-2-16-12-25(13-16)7-9-27(10-8-25)14-21(30)31/h3-4,11,16,19H,5-10,12-14H2,(H,30,31)(H,26,29,32). The molecule has 34 heavy (non-hydrogen) atoms. The molecule has 0 radical (unpaired) electrons. The predicted octanol–water partition coefficient (Wildman–Crippen LogP) is 1.02. The SMILES string of the molecule is O=C(O)CN1CCC2(CC1)CC(C#Cc1ccc3c(c1)C(=O)N(C1CCC(=O)NC1=O)C3=O)C2. The van der Waals surface area contributed by atoms with E-state index in [1.807, 2.05) is 4.90 Å². The molecule has 1 saturated carbocycles. The normalized spacial score (nSPS) is 24.4. The molecule has 1 unspecified atom stereocenters. The molecule has 4 aliphatic rings. The van der Waals surface area contributed by atoms with E-state index in [-0.39, 0.29) is 41.8 Å². The number of nitrogens with zero attached hydrogens (tertiary/aromatic N) is 2. The van der Waals surface area contributed by atoms with Gasteiger partial charge in [-0.15, -0.1) is 0 Å². The van der Waals surface area contributed by atoms with Crippen molar-refractivity contribution in [3.05, 3.63) is 34.9 Å². The topological polar surface area (TPSA) is 124 Å². The van der Waals surface area contributed by atoms with Crippen molar-refractivity contribution in [2.75, 3.05) is 19.6 Å². The zero-order chi connectivity index (χ0) is 24.0. The fourth-order valence-electron chi connectivity index (χ4n) is 5.61. The fraction of sp³-hybridized carbons (Fsp3) is 0.480. The van der Waals surface area contributed by atoms with E-state index < -0.39 is 35.6 Å². The van der Waals surface area contributed by atoms with Gasteiger partial charge in [0.05, 0.1) is 17.7 Å². The number of hydrogen-bond donors (Lipinski definition) is 2. The molecule has 2 N–H and O–H groups in total. The van der Waals surface area contributed by atoms with Gasteiger partial charge in [-0.05, 0) is 68.8 Å². The third kappa shape index (κ3) is 3.99. The van der Waals surface area contributed by atoms with Gasteiger partial charge in [-0.3, -0.25) is 39.1 Å². The summed E-state index contributed by atoms with van der Waals surface area (Å²) in [5, 5.41) is 11.1. The second-order valence-electron chi connectivity index (χ2n) is 9.75. The van der Waals surface area contributed by atoms with E-state index in [0.29, 0.717) is 5.56 Å². The summed E-state index contributed by atoms with van der Waals surface area (Å²) in [4.78, 5) is 63.1. The van der Waals surface area contributed by atoms with E-state index in [9.17, 15) is 24.0 Å². The summed E-state index contributed by atoms with van der Waals surface area (Å²) in [7, 11) is 0. The van der Waals surface area contributed by atoms with Crippen LogP contribution < -0.4 is 5.32 Å². The molecule has 1 aromatic carbocycles. The number of fused-ring (bicyclic) bond motifs is 1. The lowest BCUT2D eigenvalue weighted by Gasteiger charge is -2.50. The van der Waals surface area contributed by atoms with Gasteiger partial charge in [0.15, 0.2) is 0 Å². The third-order valence-corrected chi connectivity index (χ3v) is 7.49. The van der Waals surface area contributed by atoms with Crippen LogP contribution in [0.4, 0.5) is 0 Å². The molecular formula is C25H25N3O6. The van der Waals surface area contributed by atoms with E-state index in [1.165, 1.54) is 0 Å². The Morgan fingerprint density at radius 1 is 1.09 bits per heavy atom. The Morgan fingerprint density at radius 3 is 2.47 bits per heavy atom. The number of carboxylic acid groups (broad SMARTS) is 1. The molecule has 3 aliphatic heterocycles. The van der Waals surface area contributed by atoms with Crippen molar-refractivity contribution in [2.45, 2.75) is 44.6 Å². The lowest BCUT2D eigenvalue weighted by molar-refractivity contribution is -0.139. The Morgan fingerprint density at radius 2 is 1.79 bits per heavy atom. The van der Waals surface area contributed by atoms with E-state index in [0.717, 1.165) is 43.7 Å². The van der Waals surface area contributed by atoms with Crippen LogP contribution in [0.1, 0.15) is 64.8 Å². The first-order valence-electron chi connectivity index (χ1n) is 11.6. The number of carboxylic acids is 1. The highest BCUT2D eigenvalue weighted by atomic mass is 16.4. The minimum atomic E-state index is -0.979. The zero-order valence-electron chi connectivity index (χ0n) is 18.6. The summed E-state index contributed by atoms with van der Waals surface area (Å²) >= 11 is 0. The Labute approximate surface area is 196 Å². The second-order valence-corrected chi connectivity index (χ2v) is 9.75. The lowest BCUT2D eigenvalue weighted by Crippen LogP contribution is -2.54. The maximum absolute atomic E-state index is 12.9. The molecule has 3 fully saturated rings. The van der Waals surface area contributed by atoms with Gasteiger partial charge in [0.1, 0.15) is 6.04 Å². The van der Waals surface area contributed by atoms with Crippen LogP contribution in [0, 0.1) is 23.2 Å². The third-order valence-electron chi connectivity index (χ3n) is 7.49. The quantitative estimate of drug-likeness (QED) is 0.507. The molecule has 1 aromatic rings. The van der Waals surface area contributed by atoms with Gasteiger partial charge >= 0.3 is 5.97 Å². The number of rotatable bonds is 3. The summed E-state index contributed by atoms with van der Waals surface area (Å²) in [5.41, 5.74) is 1.38. The fourth-order valence-corrected chi connectivity index (χ4v) is 5.61. The molecule has 3 heterocycles. The van der Waals surface area contributed by atoms with Gasteiger partial charge < -0.3 is 5.11 Å². The minimum Gasteiger partial charge on any atom is -0.480 e. The molecule has 9 nitrogen and oxygen atoms in total. The van der Waals surface area contributed by atoms with Crippen LogP contribution in [-0.4, -0.2) is 70.2 Å². The predicted molar refractivity (Wildman–Crippen MR) is 118 cm³/mol. The molecule has 2 saturated heterocycles. The van der Waals surface area contributed by atoms with Gasteiger partial charge in [0, 0.05) is 17.9 Å². The number of amides is 4.